The highest BCUT2D eigenvalue weighted by Gasteiger charge is 2.41. The lowest BCUT2D eigenvalue weighted by Crippen LogP contribution is -2.51. The molecule has 0 saturated carbocycles. The maximum absolute atomic E-state index is 13.0. The Hall–Kier alpha value is -2.42. The molecule has 1 amide bonds. The van der Waals surface area contributed by atoms with E-state index in [0.717, 1.165) is 23.7 Å². The Morgan fingerprint density at radius 3 is 2.62 bits per heavy atom. The molecular formula is C21H27N3O5. The van der Waals surface area contributed by atoms with E-state index in [-0.39, 0.29) is 24.2 Å². The fraction of sp³-hybridized carbons (Fsp3) is 0.524. The summed E-state index contributed by atoms with van der Waals surface area (Å²) in [6.07, 6.45) is 1.48. The number of fused-ring (bicyclic) bond motifs is 1. The number of likely N-dealkylation sites (tertiary alicyclic amines) is 1. The number of aromatic amines is 1. The lowest BCUT2D eigenvalue weighted by atomic mass is 10.0. The molecule has 2 aliphatic heterocycles. The summed E-state index contributed by atoms with van der Waals surface area (Å²) in [6, 6.07) is 7.13. The van der Waals surface area contributed by atoms with E-state index in [0.29, 0.717) is 32.0 Å². The first-order valence-electron chi connectivity index (χ1n) is 10.1. The third-order valence-electron chi connectivity index (χ3n) is 5.73. The van der Waals surface area contributed by atoms with E-state index in [4.69, 9.17) is 14.2 Å². The third-order valence-corrected chi connectivity index (χ3v) is 5.73. The maximum Gasteiger partial charge on any atom is 0.356 e. The fourth-order valence-corrected chi connectivity index (χ4v) is 4.06. The minimum atomic E-state index is -0.484. The zero-order valence-corrected chi connectivity index (χ0v) is 16.8. The van der Waals surface area contributed by atoms with Gasteiger partial charge in [-0.05, 0) is 19.9 Å². The molecule has 0 unspecified atom stereocenters. The van der Waals surface area contributed by atoms with Gasteiger partial charge in [0, 0.05) is 36.8 Å². The molecule has 4 rings (SSSR count). The Kier molecular flexibility index (Phi) is 5.58. The van der Waals surface area contributed by atoms with E-state index in [1.54, 1.807) is 6.92 Å². The molecule has 1 spiro atoms. The molecule has 2 aliphatic rings. The normalized spacial score (nSPS) is 20.1. The van der Waals surface area contributed by atoms with E-state index in [9.17, 15) is 9.59 Å². The van der Waals surface area contributed by atoms with Crippen LogP contribution in [0.4, 0.5) is 5.69 Å². The van der Waals surface area contributed by atoms with Gasteiger partial charge in [-0.25, -0.2) is 4.79 Å². The Labute approximate surface area is 169 Å². The number of amides is 1. The van der Waals surface area contributed by atoms with Gasteiger partial charge >= 0.3 is 5.97 Å². The molecule has 0 aliphatic carbocycles. The summed E-state index contributed by atoms with van der Waals surface area (Å²) in [5.74, 6) is -1.12. The van der Waals surface area contributed by atoms with E-state index in [1.165, 1.54) is 0 Å². The molecule has 2 fully saturated rings. The summed E-state index contributed by atoms with van der Waals surface area (Å²) in [5.41, 5.74) is 1.50. The van der Waals surface area contributed by atoms with Gasteiger partial charge in [0.1, 0.15) is 5.69 Å². The monoisotopic (exact) mass is 401 g/mol. The molecule has 1 aromatic heterocycles. The average molecular weight is 401 g/mol. The van der Waals surface area contributed by atoms with Crippen molar-refractivity contribution in [2.45, 2.75) is 38.5 Å². The van der Waals surface area contributed by atoms with Crippen molar-refractivity contribution in [3.63, 3.8) is 0 Å². The number of anilines is 1. The van der Waals surface area contributed by atoms with Gasteiger partial charge in [0.2, 0.25) is 5.91 Å². The number of H-pyrrole nitrogens is 1. The SMILES string of the molecule is CCOC(=O)c1[nH]c2ccccc2c1NC(=O)[C@@H](C)N1CCC2(CC1)OCCO2. The van der Waals surface area contributed by atoms with E-state index >= 15 is 0 Å². The summed E-state index contributed by atoms with van der Waals surface area (Å²) < 4.78 is 16.7. The molecule has 29 heavy (non-hydrogen) atoms. The molecule has 0 radical (unpaired) electrons. The highest BCUT2D eigenvalue weighted by molar-refractivity contribution is 6.11. The van der Waals surface area contributed by atoms with Crippen molar-refractivity contribution in [1.82, 2.24) is 9.88 Å². The standard InChI is InChI=1S/C21H27N3O5/c1-3-27-20(26)18-17(15-6-4-5-7-16(15)22-18)23-19(25)14(2)24-10-8-21(9-11-24)28-12-13-29-21/h4-7,14,22H,3,8-13H2,1-2H3,(H,23,25)/t14-/m1/s1. The van der Waals surface area contributed by atoms with Gasteiger partial charge in [-0.1, -0.05) is 18.2 Å². The number of hydrogen-bond acceptors (Lipinski definition) is 6. The van der Waals surface area contributed by atoms with Crippen molar-refractivity contribution in [2.24, 2.45) is 0 Å². The number of benzene rings is 1. The minimum absolute atomic E-state index is 0.162. The van der Waals surface area contributed by atoms with Gasteiger partial charge in [-0.15, -0.1) is 0 Å². The fourth-order valence-electron chi connectivity index (χ4n) is 4.06. The first kappa shape index (κ1) is 19.9. The molecule has 8 heteroatoms. The lowest BCUT2D eigenvalue weighted by molar-refractivity contribution is -0.187. The van der Waals surface area contributed by atoms with Gasteiger partial charge in [-0.2, -0.15) is 0 Å². The van der Waals surface area contributed by atoms with Crippen LogP contribution in [0, 0.1) is 0 Å². The second-order valence-electron chi connectivity index (χ2n) is 7.45. The average Bonchev–Trinajstić information content (AvgIpc) is 3.33. The quantitative estimate of drug-likeness (QED) is 0.748. The summed E-state index contributed by atoms with van der Waals surface area (Å²) >= 11 is 0. The molecule has 2 N–H and O–H groups in total. The summed E-state index contributed by atoms with van der Waals surface area (Å²) in [4.78, 5) is 30.6. The molecule has 2 aromatic rings. The van der Waals surface area contributed by atoms with E-state index < -0.39 is 11.8 Å². The topological polar surface area (TPSA) is 92.9 Å². The van der Waals surface area contributed by atoms with Crippen LogP contribution in [0.2, 0.25) is 0 Å². The molecule has 2 saturated heterocycles. The van der Waals surface area contributed by atoms with Crippen molar-refractivity contribution in [3.8, 4) is 0 Å². The largest absolute Gasteiger partial charge is 0.461 e. The number of ether oxygens (including phenoxy) is 3. The summed E-state index contributed by atoms with van der Waals surface area (Å²) in [5, 5.41) is 3.73. The van der Waals surface area contributed by atoms with Crippen LogP contribution < -0.4 is 5.32 Å². The van der Waals surface area contributed by atoms with Gasteiger partial charge in [0.25, 0.3) is 0 Å². The highest BCUT2D eigenvalue weighted by atomic mass is 16.7. The van der Waals surface area contributed by atoms with Crippen molar-refractivity contribution < 1.29 is 23.8 Å². The van der Waals surface area contributed by atoms with Crippen LogP contribution in [0.5, 0.6) is 0 Å². The number of carbonyl (C=O) groups excluding carboxylic acids is 2. The Morgan fingerprint density at radius 2 is 1.93 bits per heavy atom. The molecule has 156 valence electrons. The van der Waals surface area contributed by atoms with Crippen molar-refractivity contribution >= 4 is 28.5 Å². The summed E-state index contributed by atoms with van der Waals surface area (Å²) in [6.45, 7) is 6.59. The van der Waals surface area contributed by atoms with Crippen molar-refractivity contribution in [1.29, 1.82) is 0 Å². The number of aromatic nitrogens is 1. The predicted molar refractivity (Wildman–Crippen MR) is 108 cm³/mol. The van der Waals surface area contributed by atoms with Crippen LogP contribution >= 0.6 is 0 Å². The van der Waals surface area contributed by atoms with Crippen LogP contribution in [-0.2, 0) is 19.0 Å². The van der Waals surface area contributed by atoms with Crippen LogP contribution in [0.15, 0.2) is 24.3 Å². The number of carbonyl (C=O) groups is 2. The van der Waals surface area contributed by atoms with Crippen LogP contribution in [0.25, 0.3) is 10.9 Å². The van der Waals surface area contributed by atoms with Gasteiger partial charge in [0.15, 0.2) is 5.79 Å². The molecule has 0 bridgehead atoms. The lowest BCUT2D eigenvalue weighted by Gasteiger charge is -2.39. The number of esters is 1. The number of nitrogens with zero attached hydrogens (tertiary/aromatic N) is 1. The number of rotatable bonds is 5. The minimum Gasteiger partial charge on any atom is -0.461 e. The van der Waals surface area contributed by atoms with Crippen LogP contribution in [0.3, 0.4) is 0 Å². The second kappa shape index (κ2) is 8.14. The third kappa shape index (κ3) is 3.88. The Balaban J connectivity index is 1.49. The summed E-state index contributed by atoms with van der Waals surface area (Å²) in [7, 11) is 0. The van der Waals surface area contributed by atoms with E-state index in [2.05, 4.69) is 15.2 Å². The van der Waals surface area contributed by atoms with Crippen LogP contribution in [-0.4, -0.2) is 66.5 Å². The van der Waals surface area contributed by atoms with Gasteiger partial charge in [0.05, 0.1) is 31.5 Å². The Bertz CT molecular complexity index is 893. The number of piperidine rings is 1. The van der Waals surface area contributed by atoms with Gasteiger partial charge < -0.3 is 24.5 Å². The Morgan fingerprint density at radius 1 is 1.24 bits per heavy atom. The maximum atomic E-state index is 13.0. The smallest absolute Gasteiger partial charge is 0.356 e. The van der Waals surface area contributed by atoms with Crippen molar-refractivity contribution in [3.05, 3.63) is 30.0 Å². The molecule has 1 atom stereocenters. The molecular weight excluding hydrogens is 374 g/mol. The molecule has 3 heterocycles. The molecule has 1 aromatic carbocycles. The van der Waals surface area contributed by atoms with E-state index in [1.807, 2.05) is 31.2 Å². The zero-order chi connectivity index (χ0) is 20.4. The number of nitrogens with one attached hydrogen (secondary N) is 2. The van der Waals surface area contributed by atoms with Crippen LogP contribution in [0.1, 0.15) is 37.2 Å². The first-order chi connectivity index (χ1) is 14.0. The predicted octanol–water partition coefficient (Wildman–Crippen LogP) is 2.51. The first-order valence-corrected chi connectivity index (χ1v) is 10.1. The molecule has 8 nitrogen and oxygen atoms in total. The zero-order valence-electron chi connectivity index (χ0n) is 16.8. The highest BCUT2D eigenvalue weighted by Crippen LogP contribution is 2.33. The van der Waals surface area contributed by atoms with Gasteiger partial charge in [-0.3, -0.25) is 9.69 Å². The number of hydrogen-bond donors (Lipinski definition) is 2. The van der Waals surface area contributed by atoms with Crippen molar-refractivity contribution in [2.75, 3.05) is 38.2 Å². The second-order valence-corrected chi connectivity index (χ2v) is 7.45. The number of para-hydroxylation sites is 1.